The zero-order valence-corrected chi connectivity index (χ0v) is 14.0. The first kappa shape index (κ1) is 14.9. The maximum atomic E-state index is 8.81. The first-order valence-corrected chi connectivity index (χ1v) is 7.83. The minimum absolute atomic E-state index is 0.629. The molecule has 4 nitrogen and oxygen atoms in total. The van der Waals surface area contributed by atoms with Gasteiger partial charge in [0.05, 0.1) is 11.3 Å². The second-order valence-corrected chi connectivity index (χ2v) is 6.20. The molecule has 114 valence electrons. The Kier molecular flexibility index (Phi) is 4.07. The molecule has 22 heavy (non-hydrogen) atoms. The molecule has 0 amide bonds. The monoisotopic (exact) mass is 361 g/mol. The highest BCUT2D eigenvalue weighted by molar-refractivity contribution is 9.10. The summed E-state index contributed by atoms with van der Waals surface area (Å²) in [5.41, 5.74) is 2.46. The summed E-state index contributed by atoms with van der Waals surface area (Å²) < 4.78 is 12.8. The predicted molar refractivity (Wildman–Crippen MR) is 89.6 cm³/mol. The van der Waals surface area contributed by atoms with Crippen LogP contribution in [0.1, 0.15) is 24.9 Å². The fourth-order valence-electron chi connectivity index (χ4n) is 2.48. The van der Waals surface area contributed by atoms with E-state index in [2.05, 4.69) is 21.1 Å². The van der Waals surface area contributed by atoms with E-state index < -0.39 is 0 Å². The van der Waals surface area contributed by atoms with Crippen molar-refractivity contribution in [3.8, 4) is 11.3 Å². The summed E-state index contributed by atoms with van der Waals surface area (Å²) in [4.78, 5) is 0. The van der Waals surface area contributed by atoms with E-state index >= 15 is 0 Å². The molecule has 0 radical (unpaired) electrons. The molecule has 0 bridgehead atoms. The summed E-state index contributed by atoms with van der Waals surface area (Å²) >= 11 is 3.50. The molecule has 0 spiro atoms. The SMILES string of the molecule is CC(CCc1oc2ccc(Br)cc2c1-c1ccc(C)o1)=NO. The van der Waals surface area contributed by atoms with E-state index in [0.717, 1.165) is 38.3 Å². The summed E-state index contributed by atoms with van der Waals surface area (Å²) in [6.45, 7) is 3.71. The fraction of sp³-hybridized carbons (Fsp3) is 0.235. The summed E-state index contributed by atoms with van der Waals surface area (Å²) in [5, 5.41) is 13.0. The van der Waals surface area contributed by atoms with Crippen LogP contribution < -0.4 is 0 Å². The molecule has 3 rings (SSSR count). The normalized spacial score (nSPS) is 12.2. The van der Waals surface area contributed by atoms with Crippen molar-refractivity contribution in [1.29, 1.82) is 0 Å². The van der Waals surface area contributed by atoms with Gasteiger partial charge in [-0.3, -0.25) is 0 Å². The van der Waals surface area contributed by atoms with Crippen molar-refractivity contribution in [3.63, 3.8) is 0 Å². The van der Waals surface area contributed by atoms with E-state index in [1.807, 2.05) is 37.3 Å². The van der Waals surface area contributed by atoms with Gasteiger partial charge in [-0.2, -0.15) is 0 Å². The third kappa shape index (κ3) is 2.81. The van der Waals surface area contributed by atoms with Crippen molar-refractivity contribution in [3.05, 3.63) is 46.3 Å². The molecule has 0 unspecified atom stereocenters. The van der Waals surface area contributed by atoms with Gasteiger partial charge in [-0.15, -0.1) is 0 Å². The lowest BCUT2D eigenvalue weighted by molar-refractivity contribution is 0.317. The molecule has 2 heterocycles. The molecule has 0 aliphatic rings. The third-order valence-corrected chi connectivity index (χ3v) is 4.09. The zero-order valence-electron chi connectivity index (χ0n) is 12.4. The molecule has 0 atom stereocenters. The maximum absolute atomic E-state index is 8.81. The van der Waals surface area contributed by atoms with Crippen LogP contribution in [0.25, 0.3) is 22.3 Å². The molecule has 0 saturated heterocycles. The van der Waals surface area contributed by atoms with Crippen LogP contribution >= 0.6 is 15.9 Å². The third-order valence-electron chi connectivity index (χ3n) is 3.59. The molecule has 1 aromatic carbocycles. The molecule has 0 saturated carbocycles. The van der Waals surface area contributed by atoms with E-state index in [0.29, 0.717) is 18.6 Å². The van der Waals surface area contributed by atoms with E-state index in [9.17, 15) is 0 Å². The van der Waals surface area contributed by atoms with Crippen molar-refractivity contribution < 1.29 is 14.0 Å². The lowest BCUT2D eigenvalue weighted by Gasteiger charge is -2.00. The Balaban J connectivity index is 2.13. The Morgan fingerprint density at radius 3 is 2.73 bits per heavy atom. The van der Waals surface area contributed by atoms with Gasteiger partial charge in [-0.1, -0.05) is 21.1 Å². The maximum Gasteiger partial charge on any atom is 0.138 e. The van der Waals surface area contributed by atoms with E-state index in [-0.39, 0.29) is 0 Å². The lowest BCUT2D eigenvalue weighted by atomic mass is 10.0. The van der Waals surface area contributed by atoms with Gasteiger partial charge < -0.3 is 14.0 Å². The van der Waals surface area contributed by atoms with Crippen LogP contribution in [0.4, 0.5) is 0 Å². The van der Waals surface area contributed by atoms with Crippen molar-refractivity contribution in [1.82, 2.24) is 0 Å². The number of nitrogens with zero attached hydrogens (tertiary/aromatic N) is 1. The number of oxime groups is 1. The van der Waals surface area contributed by atoms with E-state index in [1.165, 1.54) is 0 Å². The first-order valence-electron chi connectivity index (χ1n) is 7.03. The van der Waals surface area contributed by atoms with Crippen LogP contribution in [0.3, 0.4) is 0 Å². The van der Waals surface area contributed by atoms with Gasteiger partial charge in [0, 0.05) is 16.3 Å². The molecule has 0 aliphatic carbocycles. The number of hydrogen-bond acceptors (Lipinski definition) is 4. The first-order chi connectivity index (χ1) is 10.6. The standard InChI is InChI=1S/C17H16BrNO3/c1-10(19-20)3-6-16-17(15-7-4-11(2)21-15)13-9-12(18)5-8-14(13)22-16/h4-5,7-9,20H,3,6H2,1-2H3. The number of halogens is 1. The summed E-state index contributed by atoms with van der Waals surface area (Å²) in [5.74, 6) is 2.49. The quantitative estimate of drug-likeness (QED) is 0.376. The Bertz CT molecular complexity index is 845. The largest absolute Gasteiger partial charge is 0.461 e. The highest BCUT2D eigenvalue weighted by Gasteiger charge is 2.19. The minimum atomic E-state index is 0.629. The number of benzene rings is 1. The Labute approximate surface area is 136 Å². The summed E-state index contributed by atoms with van der Waals surface area (Å²) in [6.07, 6.45) is 1.28. The second kappa shape index (κ2) is 6.01. The van der Waals surface area contributed by atoms with Gasteiger partial charge in [-0.25, -0.2) is 0 Å². The van der Waals surface area contributed by atoms with Gasteiger partial charge in [0.25, 0.3) is 0 Å². The number of aryl methyl sites for hydroxylation is 2. The zero-order chi connectivity index (χ0) is 15.7. The van der Waals surface area contributed by atoms with Gasteiger partial charge in [0.2, 0.25) is 0 Å². The molecule has 1 N–H and O–H groups in total. The van der Waals surface area contributed by atoms with Crippen LogP contribution in [0.2, 0.25) is 0 Å². The molecular formula is C17H16BrNO3. The van der Waals surface area contributed by atoms with Gasteiger partial charge >= 0.3 is 0 Å². The van der Waals surface area contributed by atoms with Crippen LogP contribution in [0.15, 0.2) is 48.8 Å². The van der Waals surface area contributed by atoms with Crippen molar-refractivity contribution in [2.45, 2.75) is 26.7 Å². The molecule has 3 aromatic rings. The van der Waals surface area contributed by atoms with Crippen molar-refractivity contribution in [2.75, 3.05) is 0 Å². The number of hydrogen-bond donors (Lipinski definition) is 1. The van der Waals surface area contributed by atoms with Crippen molar-refractivity contribution in [2.24, 2.45) is 5.16 Å². The Hall–Kier alpha value is -2.01. The van der Waals surface area contributed by atoms with Crippen LogP contribution in [0.5, 0.6) is 0 Å². The minimum Gasteiger partial charge on any atom is -0.461 e. The van der Waals surface area contributed by atoms with Crippen molar-refractivity contribution >= 4 is 32.6 Å². The summed E-state index contributed by atoms with van der Waals surface area (Å²) in [6, 6.07) is 9.82. The molecule has 0 fully saturated rings. The van der Waals surface area contributed by atoms with Gasteiger partial charge in [0.15, 0.2) is 0 Å². The second-order valence-electron chi connectivity index (χ2n) is 5.29. The highest BCUT2D eigenvalue weighted by Crippen LogP contribution is 2.37. The Morgan fingerprint density at radius 2 is 2.05 bits per heavy atom. The number of fused-ring (bicyclic) bond motifs is 1. The number of rotatable bonds is 4. The van der Waals surface area contributed by atoms with E-state index in [1.54, 1.807) is 6.92 Å². The smallest absolute Gasteiger partial charge is 0.138 e. The predicted octanol–water partition coefficient (Wildman–Crippen LogP) is 5.55. The molecule has 5 heteroatoms. The van der Waals surface area contributed by atoms with E-state index in [4.69, 9.17) is 14.0 Å². The lowest BCUT2D eigenvalue weighted by Crippen LogP contribution is -1.95. The average molecular weight is 362 g/mol. The molecule has 2 aromatic heterocycles. The highest BCUT2D eigenvalue weighted by atomic mass is 79.9. The van der Waals surface area contributed by atoms with Gasteiger partial charge in [-0.05, 0) is 50.6 Å². The average Bonchev–Trinajstić information content (AvgIpc) is 3.07. The topological polar surface area (TPSA) is 58.9 Å². The van der Waals surface area contributed by atoms with Gasteiger partial charge in [0.1, 0.15) is 22.9 Å². The Morgan fingerprint density at radius 1 is 1.23 bits per heavy atom. The molecular weight excluding hydrogens is 346 g/mol. The van der Waals surface area contributed by atoms with Crippen LogP contribution in [-0.2, 0) is 6.42 Å². The number of furan rings is 2. The molecule has 0 aliphatic heterocycles. The summed E-state index contributed by atoms with van der Waals surface area (Å²) in [7, 11) is 0. The van der Waals surface area contributed by atoms with Crippen LogP contribution in [-0.4, -0.2) is 10.9 Å². The van der Waals surface area contributed by atoms with Crippen LogP contribution in [0, 0.1) is 6.92 Å². The fourth-order valence-corrected chi connectivity index (χ4v) is 2.84.